The Labute approximate surface area is 198 Å². The highest BCUT2D eigenvalue weighted by Crippen LogP contribution is 2.51. The molecule has 0 saturated heterocycles. The van der Waals surface area contributed by atoms with Crippen LogP contribution in [0.2, 0.25) is 0 Å². The molecule has 1 aromatic heterocycles. The van der Waals surface area contributed by atoms with Crippen molar-refractivity contribution in [2.45, 2.75) is 12.8 Å². The molecule has 1 aliphatic rings. The summed E-state index contributed by atoms with van der Waals surface area (Å²) in [6.07, 6.45) is 0. The number of benzene rings is 4. The maximum Gasteiger partial charge on any atom is 0.228 e. The fraction of sp³-hybridized carbons (Fsp3) is 0.103. The zero-order chi connectivity index (χ0) is 23.1. The van der Waals surface area contributed by atoms with Crippen LogP contribution < -0.4 is 14.8 Å². The highest BCUT2D eigenvalue weighted by molar-refractivity contribution is 5.91. The molecule has 4 aromatic carbocycles. The van der Waals surface area contributed by atoms with Crippen LogP contribution in [0.4, 0.5) is 11.5 Å². The molecule has 166 valence electrons. The molecule has 1 N–H and O–H groups in total. The molecular weight excluding hydrogens is 422 g/mol. The number of nitrogens with one attached hydrogen (secondary N) is 1. The summed E-state index contributed by atoms with van der Waals surface area (Å²) in [6.45, 7) is 1.89. The molecule has 1 aliphatic heterocycles. The highest BCUT2D eigenvalue weighted by Gasteiger charge is 2.34. The van der Waals surface area contributed by atoms with E-state index in [4.69, 9.17) is 19.4 Å². The second kappa shape index (κ2) is 8.19. The molecule has 2 heterocycles. The van der Waals surface area contributed by atoms with Crippen LogP contribution >= 0.6 is 0 Å². The van der Waals surface area contributed by atoms with Gasteiger partial charge in [-0.15, -0.1) is 0 Å². The predicted octanol–water partition coefficient (Wildman–Crippen LogP) is 6.98. The fourth-order valence-electron chi connectivity index (χ4n) is 4.64. The van der Waals surface area contributed by atoms with Crippen LogP contribution in [-0.4, -0.2) is 17.1 Å². The van der Waals surface area contributed by atoms with Gasteiger partial charge in [0.2, 0.25) is 5.88 Å². The van der Waals surface area contributed by atoms with Gasteiger partial charge < -0.3 is 14.8 Å². The molecule has 34 heavy (non-hydrogen) atoms. The number of hydrogen-bond donors (Lipinski definition) is 1. The minimum atomic E-state index is -0.0779. The normalized spacial score (nSPS) is 14.1. The lowest BCUT2D eigenvalue weighted by atomic mass is 9.82. The third kappa shape index (κ3) is 3.42. The van der Waals surface area contributed by atoms with Crippen molar-refractivity contribution in [2.24, 2.45) is 0 Å². The van der Waals surface area contributed by atoms with E-state index in [1.807, 2.05) is 49.4 Å². The van der Waals surface area contributed by atoms with Gasteiger partial charge >= 0.3 is 0 Å². The van der Waals surface area contributed by atoms with E-state index >= 15 is 0 Å². The van der Waals surface area contributed by atoms with Gasteiger partial charge in [0.05, 0.1) is 12.7 Å². The Kier molecular flexibility index (Phi) is 4.88. The van der Waals surface area contributed by atoms with E-state index in [2.05, 4.69) is 53.8 Å². The maximum atomic E-state index is 6.53. The first-order valence-electron chi connectivity index (χ1n) is 11.3. The van der Waals surface area contributed by atoms with E-state index in [-0.39, 0.29) is 5.92 Å². The number of methoxy groups -OCH3 is 1. The number of fused-ring (bicyclic) bond motifs is 4. The summed E-state index contributed by atoms with van der Waals surface area (Å²) in [5, 5.41) is 5.72. The van der Waals surface area contributed by atoms with Gasteiger partial charge in [-0.05, 0) is 42.1 Å². The van der Waals surface area contributed by atoms with E-state index in [0.717, 1.165) is 50.5 Å². The average Bonchev–Trinajstić information content (AvgIpc) is 2.88. The molecule has 0 saturated carbocycles. The van der Waals surface area contributed by atoms with Crippen LogP contribution in [0.15, 0.2) is 91.0 Å². The van der Waals surface area contributed by atoms with Gasteiger partial charge in [-0.3, -0.25) is 0 Å². The van der Waals surface area contributed by atoms with Crippen LogP contribution in [0.25, 0.3) is 10.8 Å². The minimum Gasteiger partial charge on any atom is -0.497 e. The van der Waals surface area contributed by atoms with E-state index < -0.39 is 0 Å². The van der Waals surface area contributed by atoms with Gasteiger partial charge in [0, 0.05) is 22.6 Å². The van der Waals surface area contributed by atoms with Gasteiger partial charge in [0.1, 0.15) is 23.1 Å². The molecule has 0 spiro atoms. The van der Waals surface area contributed by atoms with Crippen molar-refractivity contribution in [3.05, 3.63) is 114 Å². The largest absolute Gasteiger partial charge is 0.497 e. The average molecular weight is 446 g/mol. The summed E-state index contributed by atoms with van der Waals surface area (Å²) in [5.74, 6) is 3.54. The van der Waals surface area contributed by atoms with Crippen LogP contribution in [0, 0.1) is 6.92 Å². The van der Waals surface area contributed by atoms with Crippen LogP contribution in [0.5, 0.6) is 17.4 Å². The first-order chi connectivity index (χ1) is 16.7. The number of ether oxygens (including phenoxy) is 2. The quantitative estimate of drug-likeness (QED) is 0.317. The Morgan fingerprint density at radius 1 is 0.824 bits per heavy atom. The van der Waals surface area contributed by atoms with Gasteiger partial charge in [-0.2, -0.15) is 4.98 Å². The topological polar surface area (TPSA) is 56.3 Å². The summed E-state index contributed by atoms with van der Waals surface area (Å²) in [5.41, 5.74) is 4.10. The standard InChI is InChI=1S/C29H23N3O2/c1-18-30-28(32-21-13-15-22(33-2)16-14-21)26-25(20-9-4-3-5-10-20)24-17-12-19-8-6-7-11-23(19)27(24)34-29(26)31-18/h3-17,25H,1-2H3,(H,30,31,32). The molecule has 5 aromatic rings. The van der Waals surface area contributed by atoms with E-state index in [9.17, 15) is 0 Å². The molecule has 0 radical (unpaired) electrons. The number of aromatic nitrogens is 2. The van der Waals surface area contributed by atoms with Gasteiger partial charge in [-0.25, -0.2) is 4.98 Å². The van der Waals surface area contributed by atoms with Crippen molar-refractivity contribution in [3.8, 4) is 17.4 Å². The van der Waals surface area contributed by atoms with Crippen molar-refractivity contribution < 1.29 is 9.47 Å². The van der Waals surface area contributed by atoms with Crippen LogP contribution in [0.3, 0.4) is 0 Å². The number of nitrogens with zero attached hydrogens (tertiary/aromatic N) is 2. The molecule has 6 rings (SSSR count). The minimum absolute atomic E-state index is 0.0779. The number of rotatable bonds is 4. The van der Waals surface area contributed by atoms with Gasteiger partial charge in [-0.1, -0.05) is 66.7 Å². The third-order valence-electron chi connectivity index (χ3n) is 6.22. The first-order valence-corrected chi connectivity index (χ1v) is 11.3. The lowest BCUT2D eigenvalue weighted by molar-refractivity contribution is 0.415. The lowest BCUT2D eigenvalue weighted by Crippen LogP contribution is -2.17. The molecule has 0 amide bonds. The Balaban J connectivity index is 1.57. The van der Waals surface area contributed by atoms with E-state index in [0.29, 0.717) is 11.7 Å². The zero-order valence-electron chi connectivity index (χ0n) is 18.9. The first kappa shape index (κ1) is 20.2. The number of aryl methyl sites for hydroxylation is 1. The number of anilines is 2. The molecular formula is C29H23N3O2. The summed E-state index contributed by atoms with van der Waals surface area (Å²) in [7, 11) is 1.66. The number of hydrogen-bond acceptors (Lipinski definition) is 5. The second-order valence-electron chi connectivity index (χ2n) is 8.34. The van der Waals surface area contributed by atoms with Crippen molar-refractivity contribution in [1.29, 1.82) is 0 Å². The predicted molar refractivity (Wildman–Crippen MR) is 134 cm³/mol. The van der Waals surface area contributed by atoms with Crippen molar-refractivity contribution in [3.63, 3.8) is 0 Å². The Hall–Kier alpha value is -4.38. The molecule has 0 aliphatic carbocycles. The Morgan fingerprint density at radius 2 is 1.59 bits per heavy atom. The highest BCUT2D eigenvalue weighted by atomic mass is 16.5. The summed E-state index contributed by atoms with van der Waals surface area (Å²) in [4.78, 5) is 9.53. The smallest absolute Gasteiger partial charge is 0.228 e. The molecule has 5 nitrogen and oxygen atoms in total. The van der Waals surface area contributed by atoms with Gasteiger partial charge in [0.15, 0.2) is 0 Å². The van der Waals surface area contributed by atoms with Crippen LogP contribution in [0.1, 0.15) is 28.4 Å². The van der Waals surface area contributed by atoms with Crippen molar-refractivity contribution in [2.75, 3.05) is 12.4 Å². The molecule has 1 atom stereocenters. The van der Waals surface area contributed by atoms with Crippen molar-refractivity contribution in [1.82, 2.24) is 9.97 Å². The zero-order valence-corrected chi connectivity index (χ0v) is 18.9. The third-order valence-corrected chi connectivity index (χ3v) is 6.22. The summed E-state index contributed by atoms with van der Waals surface area (Å²) in [6, 6.07) is 30.9. The molecule has 5 heteroatoms. The molecule has 0 fully saturated rings. The van der Waals surface area contributed by atoms with Gasteiger partial charge in [0.25, 0.3) is 0 Å². The Bertz CT molecular complexity index is 1500. The van der Waals surface area contributed by atoms with E-state index in [1.165, 1.54) is 0 Å². The molecule has 1 unspecified atom stereocenters. The monoisotopic (exact) mass is 445 g/mol. The SMILES string of the molecule is COc1ccc(Nc2nc(C)nc3c2C(c2ccccc2)c2ccc4ccccc4c2O3)cc1. The second-order valence-corrected chi connectivity index (χ2v) is 8.34. The summed E-state index contributed by atoms with van der Waals surface area (Å²) < 4.78 is 11.8. The fourth-order valence-corrected chi connectivity index (χ4v) is 4.64. The molecule has 0 bridgehead atoms. The maximum absolute atomic E-state index is 6.53. The van der Waals surface area contributed by atoms with Crippen molar-refractivity contribution >= 4 is 22.3 Å². The summed E-state index contributed by atoms with van der Waals surface area (Å²) >= 11 is 0. The van der Waals surface area contributed by atoms with Crippen LogP contribution in [-0.2, 0) is 0 Å². The Morgan fingerprint density at radius 3 is 2.38 bits per heavy atom. The lowest BCUT2D eigenvalue weighted by Gasteiger charge is -2.30. The van der Waals surface area contributed by atoms with E-state index in [1.54, 1.807) is 7.11 Å².